The Kier molecular flexibility index (Phi) is 4.93. The van der Waals surface area contributed by atoms with Crippen molar-refractivity contribution in [3.8, 4) is 0 Å². The van der Waals surface area contributed by atoms with Gasteiger partial charge in [-0.1, -0.05) is 30.3 Å². The molecule has 1 aliphatic heterocycles. The molecule has 1 fully saturated rings. The Morgan fingerprint density at radius 3 is 2.36 bits per heavy atom. The molecule has 128 valence electrons. The second-order valence-corrected chi connectivity index (χ2v) is 6.05. The number of likely N-dealkylation sites (tertiary alicyclic amines) is 1. The van der Waals surface area contributed by atoms with Crippen LogP contribution >= 0.6 is 0 Å². The van der Waals surface area contributed by atoms with Gasteiger partial charge in [-0.25, -0.2) is 9.18 Å². The highest BCUT2D eigenvalue weighted by Gasteiger charge is 2.30. The van der Waals surface area contributed by atoms with Crippen molar-refractivity contribution in [2.75, 3.05) is 13.1 Å². The van der Waals surface area contributed by atoms with E-state index < -0.39 is 5.97 Å². The Morgan fingerprint density at radius 2 is 1.72 bits per heavy atom. The SMILES string of the molecule is O=C(O)C=C(c1ccc(F)cc1)C1CCN(C(=O)c2ccccc2)C1. The molecule has 1 heterocycles. The second kappa shape index (κ2) is 7.30. The molecule has 0 spiro atoms. The van der Waals surface area contributed by atoms with E-state index in [9.17, 15) is 19.1 Å². The zero-order valence-corrected chi connectivity index (χ0v) is 13.6. The number of hydrogen-bond donors (Lipinski definition) is 1. The number of amides is 1. The number of halogens is 1. The number of aliphatic carboxylic acids is 1. The highest BCUT2D eigenvalue weighted by atomic mass is 19.1. The highest BCUT2D eigenvalue weighted by molar-refractivity contribution is 5.95. The quantitative estimate of drug-likeness (QED) is 0.868. The first kappa shape index (κ1) is 16.9. The molecule has 0 bridgehead atoms. The van der Waals surface area contributed by atoms with Gasteiger partial charge in [-0.2, -0.15) is 0 Å². The molecule has 0 aliphatic carbocycles. The number of hydrogen-bond acceptors (Lipinski definition) is 2. The molecule has 1 unspecified atom stereocenters. The summed E-state index contributed by atoms with van der Waals surface area (Å²) < 4.78 is 13.2. The van der Waals surface area contributed by atoms with Crippen LogP contribution in [0.25, 0.3) is 5.57 Å². The minimum Gasteiger partial charge on any atom is -0.478 e. The smallest absolute Gasteiger partial charge is 0.328 e. The lowest BCUT2D eigenvalue weighted by molar-refractivity contribution is -0.131. The van der Waals surface area contributed by atoms with Gasteiger partial charge in [-0.05, 0) is 41.8 Å². The molecule has 0 radical (unpaired) electrons. The molecule has 1 saturated heterocycles. The lowest BCUT2D eigenvalue weighted by atomic mass is 9.91. The van der Waals surface area contributed by atoms with E-state index in [4.69, 9.17) is 0 Å². The summed E-state index contributed by atoms with van der Waals surface area (Å²) in [6.45, 7) is 1.01. The van der Waals surface area contributed by atoms with Gasteiger partial charge in [-0.15, -0.1) is 0 Å². The fraction of sp³-hybridized carbons (Fsp3) is 0.200. The zero-order valence-electron chi connectivity index (χ0n) is 13.6. The fourth-order valence-corrected chi connectivity index (χ4v) is 3.17. The van der Waals surface area contributed by atoms with Gasteiger partial charge in [0.25, 0.3) is 5.91 Å². The third-order valence-electron chi connectivity index (χ3n) is 4.39. The molecule has 1 amide bonds. The largest absolute Gasteiger partial charge is 0.478 e. The molecule has 25 heavy (non-hydrogen) atoms. The average Bonchev–Trinajstić information content (AvgIpc) is 3.10. The minimum absolute atomic E-state index is 0.0584. The van der Waals surface area contributed by atoms with Crippen molar-refractivity contribution in [3.63, 3.8) is 0 Å². The highest BCUT2D eigenvalue weighted by Crippen LogP contribution is 2.32. The van der Waals surface area contributed by atoms with Gasteiger partial charge >= 0.3 is 5.97 Å². The van der Waals surface area contributed by atoms with E-state index >= 15 is 0 Å². The predicted molar refractivity (Wildman–Crippen MR) is 92.5 cm³/mol. The van der Waals surface area contributed by atoms with Crippen LogP contribution in [0.5, 0.6) is 0 Å². The maximum absolute atomic E-state index is 13.2. The first-order valence-electron chi connectivity index (χ1n) is 8.09. The van der Waals surface area contributed by atoms with Crippen molar-refractivity contribution in [2.45, 2.75) is 6.42 Å². The maximum atomic E-state index is 13.2. The van der Waals surface area contributed by atoms with E-state index in [-0.39, 0.29) is 17.6 Å². The second-order valence-electron chi connectivity index (χ2n) is 6.05. The summed E-state index contributed by atoms with van der Waals surface area (Å²) in [5, 5.41) is 9.18. The summed E-state index contributed by atoms with van der Waals surface area (Å²) in [6, 6.07) is 14.8. The normalized spacial score (nSPS) is 17.6. The molecule has 1 N–H and O–H groups in total. The summed E-state index contributed by atoms with van der Waals surface area (Å²) in [7, 11) is 0. The number of rotatable bonds is 4. The molecule has 2 aromatic carbocycles. The number of carbonyl (C=O) groups is 2. The Labute approximate surface area is 145 Å². The number of benzene rings is 2. The summed E-state index contributed by atoms with van der Waals surface area (Å²) >= 11 is 0. The summed E-state index contributed by atoms with van der Waals surface area (Å²) in [6.07, 6.45) is 1.84. The predicted octanol–water partition coefficient (Wildman–Crippen LogP) is 3.46. The first-order valence-corrected chi connectivity index (χ1v) is 8.09. The molecule has 2 aromatic rings. The summed E-state index contributed by atoms with van der Waals surface area (Å²) in [5.74, 6) is -1.57. The monoisotopic (exact) mass is 339 g/mol. The molecule has 0 aromatic heterocycles. The lowest BCUT2D eigenvalue weighted by Gasteiger charge is -2.18. The summed E-state index contributed by atoms with van der Waals surface area (Å²) in [5.41, 5.74) is 1.91. The van der Waals surface area contributed by atoms with Gasteiger partial charge in [0.1, 0.15) is 5.82 Å². The van der Waals surface area contributed by atoms with Crippen LogP contribution < -0.4 is 0 Å². The molecule has 4 nitrogen and oxygen atoms in total. The fourth-order valence-electron chi connectivity index (χ4n) is 3.17. The lowest BCUT2D eigenvalue weighted by Crippen LogP contribution is -2.28. The van der Waals surface area contributed by atoms with E-state index in [1.807, 2.05) is 18.2 Å². The molecular weight excluding hydrogens is 321 g/mol. The van der Waals surface area contributed by atoms with E-state index in [0.717, 1.165) is 6.08 Å². The van der Waals surface area contributed by atoms with Gasteiger partial charge in [-0.3, -0.25) is 4.79 Å². The molecular formula is C20H18FNO3. The third kappa shape index (κ3) is 3.94. The van der Waals surface area contributed by atoms with Crippen LogP contribution in [0.3, 0.4) is 0 Å². The number of carboxylic acid groups (broad SMARTS) is 1. The Hall–Kier alpha value is -2.95. The van der Waals surface area contributed by atoms with Gasteiger partial charge in [0.15, 0.2) is 0 Å². The van der Waals surface area contributed by atoms with Crippen LogP contribution in [0.1, 0.15) is 22.3 Å². The van der Waals surface area contributed by atoms with Gasteiger partial charge < -0.3 is 10.0 Å². The third-order valence-corrected chi connectivity index (χ3v) is 4.39. The van der Waals surface area contributed by atoms with Crippen molar-refractivity contribution in [1.82, 2.24) is 4.90 Å². The van der Waals surface area contributed by atoms with Crippen molar-refractivity contribution in [2.24, 2.45) is 5.92 Å². The Balaban J connectivity index is 1.81. The number of nitrogens with zero attached hydrogens (tertiary/aromatic N) is 1. The van der Waals surface area contributed by atoms with Crippen molar-refractivity contribution in [3.05, 3.63) is 77.6 Å². The van der Waals surface area contributed by atoms with Crippen LogP contribution in [-0.4, -0.2) is 35.0 Å². The zero-order chi connectivity index (χ0) is 17.8. The summed E-state index contributed by atoms with van der Waals surface area (Å²) in [4.78, 5) is 25.5. The minimum atomic E-state index is -1.05. The van der Waals surface area contributed by atoms with Gasteiger partial charge in [0, 0.05) is 30.6 Å². The molecule has 3 rings (SSSR count). The average molecular weight is 339 g/mol. The van der Waals surface area contributed by atoms with Crippen molar-refractivity contribution in [1.29, 1.82) is 0 Å². The van der Waals surface area contributed by atoms with Crippen LogP contribution in [0, 0.1) is 11.7 Å². The topological polar surface area (TPSA) is 57.6 Å². The van der Waals surface area contributed by atoms with E-state index in [0.29, 0.717) is 36.2 Å². The molecule has 1 atom stereocenters. The van der Waals surface area contributed by atoms with E-state index in [1.165, 1.54) is 12.1 Å². The number of carbonyl (C=O) groups excluding carboxylic acids is 1. The Bertz CT molecular complexity index is 799. The molecule has 5 heteroatoms. The van der Waals surface area contributed by atoms with E-state index in [2.05, 4.69) is 0 Å². The van der Waals surface area contributed by atoms with Crippen molar-refractivity contribution < 1.29 is 19.1 Å². The Morgan fingerprint density at radius 1 is 1.04 bits per heavy atom. The van der Waals surface area contributed by atoms with E-state index in [1.54, 1.807) is 29.2 Å². The first-order chi connectivity index (χ1) is 12.0. The van der Waals surface area contributed by atoms with Crippen molar-refractivity contribution >= 4 is 17.4 Å². The van der Waals surface area contributed by atoms with Gasteiger partial charge in [0.2, 0.25) is 0 Å². The maximum Gasteiger partial charge on any atom is 0.328 e. The molecule has 0 saturated carbocycles. The van der Waals surface area contributed by atoms with Crippen LogP contribution in [0.2, 0.25) is 0 Å². The van der Waals surface area contributed by atoms with Crippen LogP contribution in [-0.2, 0) is 4.79 Å². The van der Waals surface area contributed by atoms with Gasteiger partial charge in [0.05, 0.1) is 0 Å². The van der Waals surface area contributed by atoms with Crippen LogP contribution in [0.4, 0.5) is 4.39 Å². The molecule has 1 aliphatic rings. The number of carboxylic acids is 1. The van der Waals surface area contributed by atoms with Crippen LogP contribution in [0.15, 0.2) is 60.7 Å². The standard InChI is InChI=1S/C20H18FNO3/c21-17-8-6-14(7-9-17)18(12-19(23)24)16-10-11-22(13-16)20(25)15-4-2-1-3-5-15/h1-9,12,16H,10-11,13H2,(H,23,24).